The lowest BCUT2D eigenvalue weighted by molar-refractivity contribution is -0.0328. The zero-order valence-electron chi connectivity index (χ0n) is 11.1. The molecule has 8 heteroatoms. The zero-order chi connectivity index (χ0) is 15.0. The number of hydrogen-bond donors (Lipinski definition) is 6. The lowest BCUT2D eigenvalue weighted by Gasteiger charge is -2.23. The van der Waals surface area contributed by atoms with Gasteiger partial charge in [-0.05, 0) is 0 Å². The maximum Gasteiger partial charge on any atom is 0.0701 e. The van der Waals surface area contributed by atoms with Gasteiger partial charge in [0.25, 0.3) is 0 Å². The first-order valence-corrected chi connectivity index (χ1v) is 5.97. The number of aliphatic hydroxyl groups excluding tert-OH is 6. The van der Waals surface area contributed by atoms with Crippen molar-refractivity contribution >= 4 is 0 Å². The summed E-state index contributed by atoms with van der Waals surface area (Å²) in [6.45, 7) is 0.103. The van der Waals surface area contributed by atoms with Crippen LogP contribution in [0.3, 0.4) is 0 Å². The van der Waals surface area contributed by atoms with Gasteiger partial charge >= 0.3 is 0 Å². The second-order valence-electron chi connectivity index (χ2n) is 3.80. The molecule has 0 aromatic rings. The molecule has 8 nitrogen and oxygen atoms in total. The molecule has 0 spiro atoms. The molecule has 0 bridgehead atoms. The first-order valence-electron chi connectivity index (χ1n) is 5.97. The van der Waals surface area contributed by atoms with Gasteiger partial charge in [0.2, 0.25) is 0 Å². The molecule has 0 amide bonds. The van der Waals surface area contributed by atoms with Crippen molar-refractivity contribution in [1.29, 1.82) is 0 Å². The van der Waals surface area contributed by atoms with Crippen LogP contribution in [0, 0.1) is 5.41 Å². The highest BCUT2D eigenvalue weighted by atomic mass is 16.5. The van der Waals surface area contributed by atoms with Crippen LogP contribution in [-0.4, -0.2) is 96.7 Å². The topological polar surface area (TPSA) is 140 Å². The summed E-state index contributed by atoms with van der Waals surface area (Å²) >= 11 is 0. The highest BCUT2D eigenvalue weighted by Gasteiger charge is 2.26. The van der Waals surface area contributed by atoms with Crippen molar-refractivity contribution in [2.45, 2.75) is 0 Å². The molecule has 0 aromatic heterocycles. The molecule has 0 rings (SSSR count). The van der Waals surface area contributed by atoms with E-state index in [4.69, 9.17) is 40.1 Å². The minimum Gasteiger partial charge on any atom is -0.396 e. The summed E-state index contributed by atoms with van der Waals surface area (Å²) in [7, 11) is 0. The van der Waals surface area contributed by atoms with Gasteiger partial charge in [0.05, 0.1) is 71.5 Å². The van der Waals surface area contributed by atoms with Gasteiger partial charge < -0.3 is 40.1 Å². The smallest absolute Gasteiger partial charge is 0.0701 e. The number of rotatable bonds is 11. The SMILES string of the molecule is OCC(CO)(CO)CO.OCCOCCOCCO. The minimum atomic E-state index is -1.11. The summed E-state index contributed by atoms with van der Waals surface area (Å²) in [5.74, 6) is 0. The molecule has 0 atom stereocenters. The molecule has 0 aromatic carbocycles. The maximum atomic E-state index is 8.50. The van der Waals surface area contributed by atoms with E-state index in [1.165, 1.54) is 0 Å². The number of hydrogen-bond acceptors (Lipinski definition) is 8. The van der Waals surface area contributed by atoms with Crippen LogP contribution in [0.1, 0.15) is 0 Å². The number of ether oxygens (including phenoxy) is 2. The van der Waals surface area contributed by atoms with E-state index in [9.17, 15) is 0 Å². The second-order valence-corrected chi connectivity index (χ2v) is 3.80. The third-order valence-electron chi connectivity index (χ3n) is 2.18. The van der Waals surface area contributed by atoms with Gasteiger partial charge in [0.1, 0.15) is 0 Å². The van der Waals surface area contributed by atoms with Gasteiger partial charge in [-0.2, -0.15) is 0 Å². The molecule has 0 saturated heterocycles. The molecule has 6 N–H and O–H groups in total. The van der Waals surface area contributed by atoms with Crippen molar-refractivity contribution < 1.29 is 40.1 Å². The summed E-state index contributed by atoms with van der Waals surface area (Å²) in [6, 6.07) is 0. The molecular weight excluding hydrogens is 260 g/mol. The van der Waals surface area contributed by atoms with E-state index in [1.54, 1.807) is 0 Å². The number of aliphatic hydroxyl groups is 6. The van der Waals surface area contributed by atoms with E-state index in [2.05, 4.69) is 0 Å². The Morgan fingerprint density at radius 1 is 0.526 bits per heavy atom. The van der Waals surface area contributed by atoms with Crippen LogP contribution in [0.2, 0.25) is 0 Å². The molecule has 0 radical (unpaired) electrons. The Morgan fingerprint density at radius 2 is 0.842 bits per heavy atom. The fraction of sp³-hybridized carbons (Fsp3) is 1.00. The van der Waals surface area contributed by atoms with Gasteiger partial charge in [-0.15, -0.1) is 0 Å². The van der Waals surface area contributed by atoms with Crippen LogP contribution in [0.25, 0.3) is 0 Å². The third-order valence-corrected chi connectivity index (χ3v) is 2.18. The van der Waals surface area contributed by atoms with E-state index in [-0.39, 0.29) is 13.2 Å². The van der Waals surface area contributed by atoms with Crippen molar-refractivity contribution in [2.24, 2.45) is 5.41 Å². The normalized spacial score (nSPS) is 11.1. The quantitative estimate of drug-likeness (QED) is 0.220. The molecule has 0 unspecified atom stereocenters. The van der Waals surface area contributed by atoms with Gasteiger partial charge in [-0.1, -0.05) is 0 Å². The Hall–Kier alpha value is -0.320. The van der Waals surface area contributed by atoms with Crippen LogP contribution >= 0.6 is 0 Å². The van der Waals surface area contributed by atoms with E-state index < -0.39 is 31.8 Å². The van der Waals surface area contributed by atoms with Crippen molar-refractivity contribution in [3.05, 3.63) is 0 Å². The largest absolute Gasteiger partial charge is 0.396 e. The van der Waals surface area contributed by atoms with Gasteiger partial charge in [0.15, 0.2) is 0 Å². The first kappa shape index (κ1) is 21.0. The summed E-state index contributed by atoms with van der Waals surface area (Å²) in [4.78, 5) is 0. The molecular formula is C11H26O8. The van der Waals surface area contributed by atoms with E-state index in [0.29, 0.717) is 26.4 Å². The van der Waals surface area contributed by atoms with E-state index >= 15 is 0 Å². The van der Waals surface area contributed by atoms with E-state index in [0.717, 1.165) is 0 Å². The third kappa shape index (κ3) is 12.5. The molecule has 19 heavy (non-hydrogen) atoms. The minimum absolute atomic E-state index is 0.0417. The van der Waals surface area contributed by atoms with Gasteiger partial charge in [0, 0.05) is 0 Å². The fourth-order valence-electron chi connectivity index (χ4n) is 0.751. The van der Waals surface area contributed by atoms with Crippen molar-refractivity contribution in [3.63, 3.8) is 0 Å². The summed E-state index contributed by atoms with van der Waals surface area (Å²) < 4.78 is 9.75. The van der Waals surface area contributed by atoms with Crippen LogP contribution in [0.4, 0.5) is 0 Å². The molecule has 118 valence electrons. The van der Waals surface area contributed by atoms with Crippen molar-refractivity contribution in [1.82, 2.24) is 0 Å². The molecule has 0 aliphatic rings. The van der Waals surface area contributed by atoms with Gasteiger partial charge in [-0.3, -0.25) is 0 Å². The van der Waals surface area contributed by atoms with Gasteiger partial charge in [-0.25, -0.2) is 0 Å². The van der Waals surface area contributed by atoms with E-state index in [1.807, 2.05) is 0 Å². The summed E-state index contributed by atoms with van der Waals surface area (Å²) in [6.07, 6.45) is 0. The van der Waals surface area contributed by atoms with Crippen LogP contribution in [-0.2, 0) is 9.47 Å². The fourth-order valence-corrected chi connectivity index (χ4v) is 0.751. The molecule has 0 aliphatic carbocycles. The first-order chi connectivity index (χ1) is 9.16. The monoisotopic (exact) mass is 286 g/mol. The lowest BCUT2D eigenvalue weighted by atomic mass is 9.93. The Bertz CT molecular complexity index is 137. The highest BCUT2D eigenvalue weighted by Crippen LogP contribution is 2.11. The summed E-state index contributed by atoms with van der Waals surface area (Å²) in [5, 5.41) is 50.5. The van der Waals surface area contributed by atoms with Crippen LogP contribution in [0.5, 0.6) is 0 Å². The Balaban J connectivity index is 0. The average Bonchev–Trinajstić information content (AvgIpc) is 2.47. The zero-order valence-corrected chi connectivity index (χ0v) is 11.1. The standard InChI is InChI=1S/C6H14O4.C5H12O4/c7-1-3-9-5-6-10-4-2-8;6-1-5(2-7,3-8)4-9/h7-8H,1-6H2;6-9H,1-4H2. The molecule has 0 fully saturated rings. The summed E-state index contributed by atoms with van der Waals surface area (Å²) in [5.41, 5.74) is -1.11. The Labute approximate surface area is 112 Å². The predicted octanol–water partition coefficient (Wildman–Crippen LogP) is -3.05. The Morgan fingerprint density at radius 3 is 1.00 bits per heavy atom. The Kier molecular flexibility index (Phi) is 17.4. The molecule has 0 saturated carbocycles. The van der Waals surface area contributed by atoms with Crippen molar-refractivity contribution in [3.8, 4) is 0 Å². The van der Waals surface area contributed by atoms with Crippen molar-refractivity contribution in [2.75, 3.05) is 66.1 Å². The molecule has 0 aliphatic heterocycles. The van der Waals surface area contributed by atoms with Crippen LogP contribution in [0.15, 0.2) is 0 Å². The average molecular weight is 286 g/mol. The molecule has 0 heterocycles. The lowest BCUT2D eigenvalue weighted by Crippen LogP contribution is -2.37. The predicted molar refractivity (Wildman–Crippen MR) is 66.6 cm³/mol. The second kappa shape index (κ2) is 15.7. The maximum absolute atomic E-state index is 8.50. The highest BCUT2D eigenvalue weighted by molar-refractivity contribution is 4.74. The van der Waals surface area contributed by atoms with Crippen LogP contribution < -0.4 is 0 Å².